The summed E-state index contributed by atoms with van der Waals surface area (Å²) in [5.74, 6) is -0.0386. The van der Waals surface area contributed by atoms with E-state index in [0.29, 0.717) is 5.56 Å². The van der Waals surface area contributed by atoms with Gasteiger partial charge in [-0.2, -0.15) is 0 Å². The predicted molar refractivity (Wildman–Crippen MR) is 82.5 cm³/mol. The summed E-state index contributed by atoms with van der Waals surface area (Å²) in [6, 6.07) is 5.49. The van der Waals surface area contributed by atoms with Crippen molar-refractivity contribution in [2.24, 2.45) is 0 Å². The number of nitrogens with one attached hydrogen (secondary N) is 1. The zero-order valence-corrected chi connectivity index (χ0v) is 13.6. The van der Waals surface area contributed by atoms with Crippen molar-refractivity contribution in [2.75, 3.05) is 0 Å². The lowest BCUT2D eigenvalue weighted by atomic mass is 9.89. The second-order valence-electron chi connectivity index (χ2n) is 4.46. The molecule has 0 aliphatic rings. The van der Waals surface area contributed by atoms with Gasteiger partial charge >= 0.3 is 0 Å². The smallest absolute Gasteiger partial charge is 0.252 e. The van der Waals surface area contributed by atoms with Crippen LogP contribution in [0.25, 0.3) is 0 Å². The van der Waals surface area contributed by atoms with Gasteiger partial charge in [0.25, 0.3) is 5.91 Å². The molecule has 0 saturated heterocycles. The fourth-order valence-electron chi connectivity index (χ4n) is 2.01. The van der Waals surface area contributed by atoms with Crippen LogP contribution in [-0.4, -0.2) is 11.4 Å². The summed E-state index contributed by atoms with van der Waals surface area (Å²) in [7, 11) is 0. The molecule has 0 radical (unpaired) electrons. The Morgan fingerprint density at radius 3 is 2.33 bits per heavy atom. The fraction of sp³-hybridized carbons (Fsp3) is 0.500. The van der Waals surface area contributed by atoms with Gasteiger partial charge in [0.15, 0.2) is 0 Å². The van der Waals surface area contributed by atoms with E-state index in [9.17, 15) is 4.79 Å². The van der Waals surface area contributed by atoms with Crippen molar-refractivity contribution in [2.45, 2.75) is 50.5 Å². The summed E-state index contributed by atoms with van der Waals surface area (Å²) in [6.07, 6.45) is 2.80. The van der Waals surface area contributed by atoms with Gasteiger partial charge in [-0.25, -0.2) is 0 Å². The maximum Gasteiger partial charge on any atom is 0.252 e. The summed E-state index contributed by atoms with van der Waals surface area (Å²) in [4.78, 5) is 13.1. The molecule has 0 spiro atoms. The lowest BCUT2D eigenvalue weighted by Gasteiger charge is -2.32. The quantitative estimate of drug-likeness (QED) is 0.768. The molecule has 1 aromatic carbocycles. The van der Waals surface area contributed by atoms with Crippen molar-refractivity contribution >= 4 is 34.5 Å². The summed E-state index contributed by atoms with van der Waals surface area (Å²) >= 11 is 7.68. The second kappa shape index (κ2) is 6.62. The molecular weight excluding hydrogens is 310 g/mol. The topological polar surface area (TPSA) is 29.1 Å². The van der Waals surface area contributed by atoms with Crippen molar-refractivity contribution in [3.05, 3.63) is 28.2 Å². The molecule has 0 saturated carbocycles. The first-order valence-electron chi connectivity index (χ1n) is 6.29. The Hall–Kier alpha value is -0.480. The van der Waals surface area contributed by atoms with E-state index in [1.165, 1.54) is 0 Å². The number of hydrogen-bond donors (Lipinski definition) is 2. The van der Waals surface area contributed by atoms with Crippen LogP contribution in [0.5, 0.6) is 0 Å². The molecule has 0 atom stereocenters. The van der Waals surface area contributed by atoms with E-state index in [1.807, 2.05) is 12.1 Å². The van der Waals surface area contributed by atoms with Crippen LogP contribution in [0.4, 0.5) is 0 Å². The van der Waals surface area contributed by atoms with Crippen molar-refractivity contribution in [3.8, 4) is 0 Å². The van der Waals surface area contributed by atoms with Crippen molar-refractivity contribution in [3.63, 3.8) is 0 Å². The normalized spacial score (nSPS) is 11.4. The van der Waals surface area contributed by atoms with Crippen LogP contribution in [0.3, 0.4) is 0 Å². The Labute approximate surface area is 123 Å². The van der Waals surface area contributed by atoms with Crippen LogP contribution < -0.4 is 5.32 Å². The minimum Gasteiger partial charge on any atom is -0.347 e. The fourth-order valence-corrected chi connectivity index (χ4v) is 2.64. The number of carbonyl (C=O) groups excluding carboxylic acids is 1. The standard InChI is InChI=1S/C14H20BrNOS/c1-4-14(5-2,6-3)16-13(17)11-9-10(18)7-8-12(11)15/h7-9,18H,4-6H2,1-3H3,(H,16,17). The van der Waals surface area contributed by atoms with E-state index in [4.69, 9.17) is 0 Å². The molecule has 1 amide bonds. The van der Waals surface area contributed by atoms with Crippen LogP contribution >= 0.6 is 28.6 Å². The Morgan fingerprint density at radius 1 is 1.28 bits per heavy atom. The van der Waals surface area contributed by atoms with E-state index in [-0.39, 0.29) is 11.4 Å². The highest BCUT2D eigenvalue weighted by molar-refractivity contribution is 9.10. The molecule has 1 N–H and O–H groups in total. The van der Waals surface area contributed by atoms with Crippen LogP contribution in [0, 0.1) is 0 Å². The Kier molecular flexibility index (Phi) is 5.73. The molecule has 4 heteroatoms. The first-order valence-corrected chi connectivity index (χ1v) is 7.53. The Balaban J connectivity index is 2.97. The molecule has 0 unspecified atom stereocenters. The summed E-state index contributed by atoms with van der Waals surface area (Å²) in [5.41, 5.74) is 0.533. The molecule has 0 heterocycles. The van der Waals surface area contributed by atoms with Gasteiger partial charge in [-0.1, -0.05) is 20.8 Å². The minimum atomic E-state index is -0.108. The van der Waals surface area contributed by atoms with Gasteiger partial charge in [-0.15, -0.1) is 12.6 Å². The third kappa shape index (κ3) is 3.51. The molecule has 0 aromatic heterocycles. The molecule has 1 rings (SSSR count). The maximum atomic E-state index is 12.3. The number of thiol groups is 1. The molecule has 1 aromatic rings. The average Bonchev–Trinajstić information content (AvgIpc) is 2.38. The first kappa shape index (κ1) is 15.6. The molecular formula is C14H20BrNOS. The van der Waals surface area contributed by atoms with Gasteiger partial charge < -0.3 is 5.32 Å². The van der Waals surface area contributed by atoms with Crippen molar-refractivity contribution < 1.29 is 4.79 Å². The number of rotatable bonds is 5. The predicted octanol–water partition coefficient (Wildman–Crippen LogP) is 4.44. The van der Waals surface area contributed by atoms with Crippen LogP contribution in [0.2, 0.25) is 0 Å². The van der Waals surface area contributed by atoms with Crippen LogP contribution in [0.15, 0.2) is 27.6 Å². The number of amides is 1. The number of halogens is 1. The van der Waals surface area contributed by atoms with Gasteiger partial charge in [-0.05, 0) is 53.4 Å². The number of carbonyl (C=O) groups is 1. The highest BCUT2D eigenvalue weighted by atomic mass is 79.9. The monoisotopic (exact) mass is 329 g/mol. The van der Waals surface area contributed by atoms with E-state index < -0.39 is 0 Å². The molecule has 2 nitrogen and oxygen atoms in total. The van der Waals surface area contributed by atoms with Crippen molar-refractivity contribution in [1.29, 1.82) is 0 Å². The van der Waals surface area contributed by atoms with Gasteiger partial charge in [0.05, 0.1) is 5.56 Å². The summed E-state index contributed by atoms with van der Waals surface area (Å²) in [6.45, 7) is 6.33. The first-order chi connectivity index (χ1) is 8.48. The molecule has 18 heavy (non-hydrogen) atoms. The zero-order valence-electron chi connectivity index (χ0n) is 11.1. The molecule has 100 valence electrons. The van der Waals surface area contributed by atoms with Gasteiger partial charge in [0.1, 0.15) is 0 Å². The van der Waals surface area contributed by atoms with E-state index in [1.54, 1.807) is 6.07 Å². The minimum absolute atomic E-state index is 0.0386. The molecule has 0 bridgehead atoms. The lowest BCUT2D eigenvalue weighted by molar-refractivity contribution is 0.0887. The van der Waals surface area contributed by atoms with Gasteiger partial charge in [0, 0.05) is 14.9 Å². The average molecular weight is 330 g/mol. The van der Waals surface area contributed by atoms with Gasteiger partial charge in [0.2, 0.25) is 0 Å². The third-order valence-electron chi connectivity index (χ3n) is 3.60. The summed E-state index contributed by atoms with van der Waals surface area (Å²) < 4.78 is 0.801. The second-order valence-corrected chi connectivity index (χ2v) is 5.83. The van der Waals surface area contributed by atoms with Gasteiger partial charge in [-0.3, -0.25) is 4.79 Å². The molecule has 0 fully saturated rings. The Morgan fingerprint density at radius 2 is 1.83 bits per heavy atom. The van der Waals surface area contributed by atoms with E-state index in [0.717, 1.165) is 28.6 Å². The highest BCUT2D eigenvalue weighted by Gasteiger charge is 2.26. The molecule has 0 aliphatic carbocycles. The highest BCUT2D eigenvalue weighted by Crippen LogP contribution is 2.24. The van der Waals surface area contributed by atoms with E-state index in [2.05, 4.69) is 54.6 Å². The van der Waals surface area contributed by atoms with Crippen LogP contribution in [-0.2, 0) is 0 Å². The Bertz CT molecular complexity index is 422. The molecule has 0 aliphatic heterocycles. The number of benzene rings is 1. The number of hydrogen-bond acceptors (Lipinski definition) is 2. The van der Waals surface area contributed by atoms with Crippen LogP contribution in [0.1, 0.15) is 50.4 Å². The van der Waals surface area contributed by atoms with E-state index >= 15 is 0 Å². The largest absolute Gasteiger partial charge is 0.347 e. The summed E-state index contributed by atoms with van der Waals surface area (Å²) in [5, 5.41) is 3.16. The van der Waals surface area contributed by atoms with Crippen molar-refractivity contribution in [1.82, 2.24) is 5.32 Å². The third-order valence-corrected chi connectivity index (χ3v) is 4.57. The maximum absolute atomic E-state index is 12.3. The zero-order chi connectivity index (χ0) is 13.8. The lowest BCUT2D eigenvalue weighted by Crippen LogP contribution is -2.47. The SMILES string of the molecule is CCC(CC)(CC)NC(=O)c1cc(S)ccc1Br.